The zero-order valence-corrected chi connectivity index (χ0v) is 22.9. The fraction of sp³-hybridized carbons (Fsp3) is 0.581. The summed E-state index contributed by atoms with van der Waals surface area (Å²) in [5.41, 5.74) is 0.0645. The molecule has 210 valence electrons. The van der Waals surface area contributed by atoms with Gasteiger partial charge >= 0.3 is 5.97 Å². The zero-order valence-electron chi connectivity index (χ0n) is 22.9. The molecule has 2 aliphatic heterocycles. The topological polar surface area (TPSA) is 64.0 Å². The van der Waals surface area contributed by atoms with Crippen LogP contribution in [0.2, 0.25) is 0 Å². The van der Waals surface area contributed by atoms with Crippen LogP contribution in [0.1, 0.15) is 57.9 Å². The molecule has 0 bridgehead atoms. The number of aliphatic carboxylic acids is 1. The first-order valence-corrected chi connectivity index (χ1v) is 14.1. The van der Waals surface area contributed by atoms with Crippen LogP contribution >= 0.6 is 0 Å². The summed E-state index contributed by atoms with van der Waals surface area (Å²) in [4.78, 5) is 16.3. The minimum Gasteiger partial charge on any atom is -0.480 e. The van der Waals surface area contributed by atoms with E-state index < -0.39 is 29.2 Å². The van der Waals surface area contributed by atoms with Gasteiger partial charge in [-0.05, 0) is 74.6 Å². The fourth-order valence-corrected chi connectivity index (χ4v) is 5.72. The van der Waals surface area contributed by atoms with E-state index in [1.807, 2.05) is 50.2 Å². The molecule has 5 nitrogen and oxygen atoms in total. The quantitative estimate of drug-likeness (QED) is 0.417. The van der Waals surface area contributed by atoms with Crippen molar-refractivity contribution in [3.63, 3.8) is 0 Å². The molecule has 0 aromatic heterocycles. The number of hydrogen-bond acceptors (Lipinski definition) is 4. The maximum atomic E-state index is 13.3. The zero-order chi connectivity index (χ0) is 27.5. The lowest BCUT2D eigenvalue weighted by Crippen LogP contribution is -2.47. The number of nitrogens with zero attached hydrogens (tertiary/aromatic N) is 2. The van der Waals surface area contributed by atoms with Gasteiger partial charge in [-0.25, -0.2) is 8.78 Å². The second-order valence-corrected chi connectivity index (χ2v) is 11.1. The molecule has 0 spiro atoms. The van der Waals surface area contributed by atoms with Crippen molar-refractivity contribution >= 4 is 5.97 Å². The predicted octanol–water partition coefficient (Wildman–Crippen LogP) is 5.62. The fourth-order valence-electron chi connectivity index (χ4n) is 5.72. The van der Waals surface area contributed by atoms with Gasteiger partial charge in [-0.3, -0.25) is 9.69 Å². The number of piperidine rings is 1. The summed E-state index contributed by atoms with van der Waals surface area (Å²) in [6.45, 7) is 8.36. The standard InChI is InChI=1S/C25H38F2N2O3.C6H6/c1-3-18(2)23(24(30)31)29-12-8-20(17-29)16-28-13-10-25(32,11-14-28)9-4-5-19-6-7-21(26)22(27)15-19;1-2-4-6-5-3-1/h6-7,15,18,20,23,32H,3-5,8-14,16-17H2,1-2H3,(H,30,31);1-6H. The Bertz CT molecular complexity index is 956. The summed E-state index contributed by atoms with van der Waals surface area (Å²) < 4.78 is 26.4. The van der Waals surface area contributed by atoms with Crippen LogP contribution in [0.3, 0.4) is 0 Å². The lowest BCUT2D eigenvalue weighted by Gasteiger charge is -2.39. The Morgan fingerprint density at radius 1 is 1.05 bits per heavy atom. The number of rotatable bonds is 10. The molecule has 0 aliphatic carbocycles. The van der Waals surface area contributed by atoms with Crippen molar-refractivity contribution in [2.24, 2.45) is 11.8 Å². The monoisotopic (exact) mass is 530 g/mol. The van der Waals surface area contributed by atoms with Gasteiger partial charge in [-0.2, -0.15) is 0 Å². The molecule has 3 atom stereocenters. The van der Waals surface area contributed by atoms with Crippen LogP contribution in [-0.2, 0) is 11.2 Å². The molecule has 0 radical (unpaired) electrons. The highest BCUT2D eigenvalue weighted by Gasteiger charge is 2.37. The van der Waals surface area contributed by atoms with E-state index in [1.54, 1.807) is 6.07 Å². The van der Waals surface area contributed by atoms with Gasteiger partial charge in [0.1, 0.15) is 6.04 Å². The molecule has 2 N–H and O–H groups in total. The van der Waals surface area contributed by atoms with Gasteiger partial charge in [0, 0.05) is 26.2 Å². The predicted molar refractivity (Wildman–Crippen MR) is 147 cm³/mol. The maximum absolute atomic E-state index is 13.3. The molecule has 2 saturated heterocycles. The van der Waals surface area contributed by atoms with Crippen molar-refractivity contribution in [1.82, 2.24) is 9.80 Å². The van der Waals surface area contributed by atoms with Crippen LogP contribution in [0, 0.1) is 23.5 Å². The molecule has 2 heterocycles. The second-order valence-electron chi connectivity index (χ2n) is 11.1. The van der Waals surface area contributed by atoms with Crippen molar-refractivity contribution in [3.05, 3.63) is 71.8 Å². The molecule has 3 unspecified atom stereocenters. The summed E-state index contributed by atoms with van der Waals surface area (Å²) in [6.07, 6.45) is 5.34. The first kappa shape index (κ1) is 30.2. The molecule has 2 fully saturated rings. The summed E-state index contributed by atoms with van der Waals surface area (Å²) in [6, 6.07) is 15.6. The largest absolute Gasteiger partial charge is 0.480 e. The summed E-state index contributed by atoms with van der Waals surface area (Å²) in [7, 11) is 0. The normalized spacial score (nSPS) is 21.3. The van der Waals surface area contributed by atoms with Gasteiger partial charge in [0.25, 0.3) is 0 Å². The van der Waals surface area contributed by atoms with Gasteiger partial charge < -0.3 is 15.1 Å². The third kappa shape index (κ3) is 9.14. The van der Waals surface area contributed by atoms with E-state index in [0.29, 0.717) is 31.6 Å². The van der Waals surface area contributed by atoms with E-state index in [9.17, 15) is 23.8 Å². The van der Waals surface area contributed by atoms with E-state index in [0.717, 1.165) is 63.6 Å². The average molecular weight is 531 g/mol. The number of benzene rings is 2. The van der Waals surface area contributed by atoms with E-state index in [-0.39, 0.29) is 5.92 Å². The Balaban J connectivity index is 0.000000585. The smallest absolute Gasteiger partial charge is 0.321 e. The Morgan fingerprint density at radius 3 is 2.24 bits per heavy atom. The Kier molecular flexibility index (Phi) is 11.7. The van der Waals surface area contributed by atoms with Crippen molar-refractivity contribution in [2.75, 3.05) is 32.7 Å². The molecule has 0 amide bonds. The van der Waals surface area contributed by atoms with Crippen molar-refractivity contribution in [2.45, 2.75) is 70.4 Å². The molecular formula is C31H44F2N2O3. The highest BCUT2D eigenvalue weighted by atomic mass is 19.2. The molecule has 2 aromatic rings. The van der Waals surface area contributed by atoms with Crippen LogP contribution in [-0.4, -0.2) is 70.3 Å². The van der Waals surface area contributed by atoms with Gasteiger partial charge in [-0.1, -0.05) is 62.7 Å². The number of carbonyl (C=O) groups is 1. The Hall–Kier alpha value is -2.35. The minimum absolute atomic E-state index is 0.141. The van der Waals surface area contributed by atoms with Gasteiger partial charge in [-0.15, -0.1) is 0 Å². The summed E-state index contributed by atoms with van der Waals surface area (Å²) in [5.74, 6) is -1.75. The number of aliphatic hydroxyl groups is 1. The van der Waals surface area contributed by atoms with E-state index in [2.05, 4.69) is 9.80 Å². The minimum atomic E-state index is -0.830. The van der Waals surface area contributed by atoms with E-state index in [1.165, 1.54) is 6.07 Å². The highest BCUT2D eigenvalue weighted by molar-refractivity contribution is 5.73. The molecular weight excluding hydrogens is 486 g/mol. The number of hydrogen-bond donors (Lipinski definition) is 2. The first-order chi connectivity index (χ1) is 18.2. The summed E-state index contributed by atoms with van der Waals surface area (Å²) >= 11 is 0. The van der Waals surface area contributed by atoms with Crippen molar-refractivity contribution in [3.8, 4) is 0 Å². The van der Waals surface area contributed by atoms with Crippen LogP contribution in [0.25, 0.3) is 0 Å². The van der Waals surface area contributed by atoms with E-state index >= 15 is 0 Å². The third-order valence-electron chi connectivity index (χ3n) is 8.21. The highest BCUT2D eigenvalue weighted by Crippen LogP contribution is 2.30. The Labute approximate surface area is 226 Å². The average Bonchev–Trinajstić information content (AvgIpc) is 3.36. The SMILES string of the molecule is CCC(C)C(C(=O)O)N1CCC(CN2CCC(O)(CCCc3ccc(F)c(F)c3)CC2)C1.c1ccccc1. The molecule has 4 rings (SSSR count). The van der Waals surface area contributed by atoms with Crippen LogP contribution < -0.4 is 0 Å². The molecule has 38 heavy (non-hydrogen) atoms. The summed E-state index contributed by atoms with van der Waals surface area (Å²) in [5, 5.41) is 20.6. The number of likely N-dealkylation sites (tertiary alicyclic amines) is 2. The molecule has 7 heteroatoms. The third-order valence-corrected chi connectivity index (χ3v) is 8.21. The first-order valence-electron chi connectivity index (χ1n) is 14.1. The van der Waals surface area contributed by atoms with Gasteiger partial charge in [0.2, 0.25) is 0 Å². The van der Waals surface area contributed by atoms with Gasteiger partial charge in [0.15, 0.2) is 11.6 Å². The van der Waals surface area contributed by atoms with Crippen LogP contribution in [0.5, 0.6) is 0 Å². The molecule has 0 saturated carbocycles. The number of aryl methyl sites for hydroxylation is 1. The van der Waals surface area contributed by atoms with E-state index in [4.69, 9.17) is 0 Å². The maximum Gasteiger partial charge on any atom is 0.321 e. The van der Waals surface area contributed by atoms with Gasteiger partial charge in [0.05, 0.1) is 5.60 Å². The Morgan fingerprint density at radius 2 is 1.68 bits per heavy atom. The number of carboxylic acid groups (broad SMARTS) is 1. The van der Waals surface area contributed by atoms with Crippen LogP contribution in [0.15, 0.2) is 54.6 Å². The molecule has 2 aromatic carbocycles. The van der Waals surface area contributed by atoms with Crippen molar-refractivity contribution in [1.29, 1.82) is 0 Å². The molecule has 2 aliphatic rings. The lowest BCUT2D eigenvalue weighted by molar-refractivity contribution is -0.145. The lowest BCUT2D eigenvalue weighted by atomic mass is 9.85. The van der Waals surface area contributed by atoms with Crippen molar-refractivity contribution < 1.29 is 23.8 Å². The second kappa shape index (κ2) is 14.7. The van der Waals surface area contributed by atoms with Crippen LogP contribution in [0.4, 0.5) is 8.78 Å². The number of halogens is 2. The number of carboxylic acids is 1.